The zero-order valence-electron chi connectivity index (χ0n) is 18.6. The zero-order chi connectivity index (χ0) is 22.4. The van der Waals surface area contributed by atoms with Crippen LogP contribution in [0, 0.1) is 11.7 Å². The Morgan fingerprint density at radius 3 is 2.41 bits per heavy atom. The van der Waals surface area contributed by atoms with E-state index in [9.17, 15) is 12.8 Å². The van der Waals surface area contributed by atoms with Crippen LogP contribution in [-0.2, 0) is 22.1 Å². The Kier molecular flexibility index (Phi) is 9.75. The summed E-state index contributed by atoms with van der Waals surface area (Å²) in [5, 5.41) is 6.48. The highest BCUT2D eigenvalue weighted by Gasteiger charge is 2.22. The van der Waals surface area contributed by atoms with Gasteiger partial charge >= 0.3 is 0 Å². The molecule has 2 aromatic rings. The Balaban J connectivity index is 0.00000363. The molecule has 1 saturated carbocycles. The van der Waals surface area contributed by atoms with Gasteiger partial charge in [0.15, 0.2) is 27.4 Å². The molecule has 0 aliphatic heterocycles. The number of ether oxygens (including phenoxy) is 1. The second-order valence-corrected chi connectivity index (χ2v) is 10.3. The second kappa shape index (κ2) is 11.8. The maximum absolute atomic E-state index is 14.4. The van der Waals surface area contributed by atoms with Crippen LogP contribution in [0.1, 0.15) is 42.5 Å². The quantitative estimate of drug-likeness (QED) is 0.266. The SMILES string of the molecule is CN=C(NCc1ccc(CS(C)(=O)=O)cc1)NC(C)c1ccc(OCC2CC2)c(F)c1.I. The van der Waals surface area contributed by atoms with Crippen molar-refractivity contribution in [2.45, 2.75) is 38.1 Å². The molecule has 0 heterocycles. The molecule has 0 spiro atoms. The first kappa shape index (κ1) is 26.4. The molecular weight excluding hydrogens is 544 g/mol. The van der Waals surface area contributed by atoms with Gasteiger partial charge in [-0.1, -0.05) is 30.3 Å². The Morgan fingerprint density at radius 1 is 1.19 bits per heavy atom. The summed E-state index contributed by atoms with van der Waals surface area (Å²) in [4.78, 5) is 4.23. The van der Waals surface area contributed by atoms with Crippen LogP contribution in [0.5, 0.6) is 5.75 Å². The average molecular weight is 575 g/mol. The Bertz CT molecular complexity index is 1030. The van der Waals surface area contributed by atoms with E-state index in [-0.39, 0.29) is 41.6 Å². The third-order valence-electron chi connectivity index (χ3n) is 5.12. The molecular formula is C23H31FIN3O3S. The molecule has 32 heavy (non-hydrogen) atoms. The molecule has 0 radical (unpaired) electrons. The number of aliphatic imine (C=N–C) groups is 1. The third kappa shape index (κ3) is 8.57. The van der Waals surface area contributed by atoms with Gasteiger partial charge in [0.25, 0.3) is 0 Å². The molecule has 1 unspecified atom stereocenters. The van der Waals surface area contributed by atoms with E-state index in [0.717, 1.165) is 29.5 Å². The topological polar surface area (TPSA) is 79.8 Å². The molecule has 6 nitrogen and oxygen atoms in total. The van der Waals surface area contributed by atoms with Crippen LogP contribution in [0.15, 0.2) is 47.5 Å². The number of nitrogens with one attached hydrogen (secondary N) is 2. The Labute approximate surface area is 207 Å². The van der Waals surface area contributed by atoms with E-state index in [1.807, 2.05) is 37.3 Å². The summed E-state index contributed by atoms with van der Waals surface area (Å²) in [6.45, 7) is 3.04. The largest absolute Gasteiger partial charge is 0.490 e. The Hall–Kier alpha value is -1.88. The number of hydrogen-bond donors (Lipinski definition) is 2. The van der Waals surface area contributed by atoms with Crippen LogP contribution >= 0.6 is 24.0 Å². The van der Waals surface area contributed by atoms with Gasteiger partial charge in [-0.2, -0.15) is 0 Å². The molecule has 2 aromatic carbocycles. The molecule has 0 aromatic heterocycles. The summed E-state index contributed by atoms with van der Waals surface area (Å²) >= 11 is 0. The average Bonchev–Trinajstić information content (AvgIpc) is 3.54. The van der Waals surface area contributed by atoms with Gasteiger partial charge < -0.3 is 15.4 Å². The van der Waals surface area contributed by atoms with E-state index in [4.69, 9.17) is 4.74 Å². The van der Waals surface area contributed by atoms with Crippen molar-refractivity contribution in [3.8, 4) is 5.75 Å². The van der Waals surface area contributed by atoms with Crippen LogP contribution in [0.4, 0.5) is 4.39 Å². The summed E-state index contributed by atoms with van der Waals surface area (Å²) in [7, 11) is -1.38. The van der Waals surface area contributed by atoms with Crippen LogP contribution in [0.2, 0.25) is 0 Å². The predicted molar refractivity (Wildman–Crippen MR) is 137 cm³/mol. The van der Waals surface area contributed by atoms with Crippen molar-refractivity contribution in [3.05, 3.63) is 65.0 Å². The van der Waals surface area contributed by atoms with Gasteiger partial charge in [-0.25, -0.2) is 12.8 Å². The molecule has 1 aliphatic rings. The lowest BCUT2D eigenvalue weighted by Crippen LogP contribution is -2.38. The zero-order valence-corrected chi connectivity index (χ0v) is 21.7. The molecule has 1 aliphatic carbocycles. The minimum Gasteiger partial charge on any atom is -0.490 e. The van der Waals surface area contributed by atoms with Gasteiger partial charge in [0.1, 0.15) is 0 Å². The van der Waals surface area contributed by atoms with Crippen molar-refractivity contribution in [3.63, 3.8) is 0 Å². The van der Waals surface area contributed by atoms with Crippen molar-refractivity contribution in [1.29, 1.82) is 0 Å². The number of sulfone groups is 1. The first-order chi connectivity index (χ1) is 14.7. The fourth-order valence-electron chi connectivity index (χ4n) is 3.12. The van der Waals surface area contributed by atoms with E-state index in [2.05, 4.69) is 15.6 Å². The van der Waals surface area contributed by atoms with Crippen LogP contribution in [0.3, 0.4) is 0 Å². The molecule has 9 heteroatoms. The highest BCUT2D eigenvalue weighted by Crippen LogP contribution is 2.30. The monoisotopic (exact) mass is 575 g/mol. The smallest absolute Gasteiger partial charge is 0.191 e. The van der Waals surface area contributed by atoms with E-state index < -0.39 is 9.84 Å². The number of halogens is 2. The molecule has 0 amide bonds. The number of benzene rings is 2. The van der Waals surface area contributed by atoms with Gasteiger partial charge in [0.2, 0.25) is 0 Å². The molecule has 1 fully saturated rings. The Morgan fingerprint density at radius 2 is 1.84 bits per heavy atom. The van der Waals surface area contributed by atoms with Gasteiger partial charge in [-0.3, -0.25) is 4.99 Å². The van der Waals surface area contributed by atoms with Crippen LogP contribution in [0.25, 0.3) is 0 Å². The maximum atomic E-state index is 14.4. The minimum atomic E-state index is -3.05. The summed E-state index contributed by atoms with van der Waals surface area (Å²) in [6.07, 6.45) is 3.55. The van der Waals surface area contributed by atoms with Crippen LogP contribution < -0.4 is 15.4 Å². The van der Waals surface area contributed by atoms with Crippen molar-refractivity contribution in [1.82, 2.24) is 10.6 Å². The standard InChI is InChI=1S/C23H30FN3O3S.HI/c1-16(20-10-11-22(21(24)12-20)30-14-18-6-7-18)27-23(25-2)26-13-17-4-8-19(9-5-17)15-31(3,28)29;/h4-5,8-12,16,18H,6-7,13-15H2,1-3H3,(H2,25,26,27);1H. The summed E-state index contributed by atoms with van der Waals surface area (Å²) in [5.74, 6) is 1.13. The molecule has 0 saturated heterocycles. The lowest BCUT2D eigenvalue weighted by molar-refractivity contribution is 0.285. The molecule has 176 valence electrons. The van der Waals surface area contributed by atoms with Crippen molar-refractivity contribution in [2.75, 3.05) is 19.9 Å². The lowest BCUT2D eigenvalue weighted by Gasteiger charge is -2.19. The van der Waals surface area contributed by atoms with Gasteiger partial charge in [0.05, 0.1) is 18.4 Å². The predicted octanol–water partition coefficient (Wildman–Crippen LogP) is 4.20. The van der Waals surface area contributed by atoms with Crippen molar-refractivity contribution < 1.29 is 17.5 Å². The molecule has 2 N–H and O–H groups in total. The van der Waals surface area contributed by atoms with Crippen molar-refractivity contribution in [2.24, 2.45) is 10.9 Å². The van der Waals surface area contributed by atoms with E-state index in [1.165, 1.54) is 12.3 Å². The lowest BCUT2D eigenvalue weighted by atomic mass is 10.1. The van der Waals surface area contributed by atoms with E-state index in [1.54, 1.807) is 13.1 Å². The van der Waals surface area contributed by atoms with Gasteiger partial charge in [-0.05, 0) is 54.5 Å². The summed E-state index contributed by atoms with van der Waals surface area (Å²) in [5.41, 5.74) is 2.55. The summed E-state index contributed by atoms with van der Waals surface area (Å²) < 4.78 is 42.7. The fraction of sp³-hybridized carbons (Fsp3) is 0.435. The first-order valence-electron chi connectivity index (χ1n) is 10.4. The first-order valence-corrected chi connectivity index (χ1v) is 12.4. The van der Waals surface area contributed by atoms with Gasteiger partial charge in [0, 0.05) is 19.8 Å². The highest BCUT2D eigenvalue weighted by molar-refractivity contribution is 14.0. The molecule has 1 atom stereocenters. The summed E-state index contributed by atoms with van der Waals surface area (Å²) in [6, 6.07) is 12.3. The van der Waals surface area contributed by atoms with E-state index in [0.29, 0.717) is 30.8 Å². The van der Waals surface area contributed by atoms with E-state index >= 15 is 0 Å². The highest BCUT2D eigenvalue weighted by atomic mass is 127. The number of guanidine groups is 1. The fourth-order valence-corrected chi connectivity index (χ4v) is 3.92. The second-order valence-electron chi connectivity index (χ2n) is 8.12. The maximum Gasteiger partial charge on any atom is 0.191 e. The third-order valence-corrected chi connectivity index (χ3v) is 5.97. The number of hydrogen-bond acceptors (Lipinski definition) is 4. The number of rotatable bonds is 9. The van der Waals surface area contributed by atoms with Gasteiger partial charge in [-0.15, -0.1) is 24.0 Å². The van der Waals surface area contributed by atoms with Crippen LogP contribution in [-0.4, -0.2) is 34.3 Å². The normalized spacial score (nSPS) is 14.9. The molecule has 0 bridgehead atoms. The molecule has 3 rings (SSSR count). The minimum absolute atomic E-state index is 0. The number of nitrogens with zero attached hydrogens (tertiary/aromatic N) is 1. The van der Waals surface area contributed by atoms with Crippen molar-refractivity contribution >= 4 is 39.8 Å².